The van der Waals surface area contributed by atoms with Crippen molar-refractivity contribution in [2.24, 2.45) is 0 Å². The number of rotatable bonds is 4. The first-order chi connectivity index (χ1) is 11.1. The molecular weight excluding hydrogens is 327 g/mol. The first-order valence-electron chi connectivity index (χ1n) is 7.97. The van der Waals surface area contributed by atoms with Crippen molar-refractivity contribution in [3.63, 3.8) is 0 Å². The molecule has 1 aliphatic carbocycles. The zero-order valence-corrected chi connectivity index (χ0v) is 14.6. The highest BCUT2D eigenvalue weighted by Crippen LogP contribution is 2.46. The molecule has 5 heteroatoms. The van der Waals surface area contributed by atoms with Crippen LogP contribution in [0, 0.1) is 0 Å². The standard InChI is InChI=1S/C18H21O3PS/c19-23(20,21)18-13-11-17(12-14-18)22(15-7-3-1-4-8-15)16-9-5-2-6-10-16/h1,3-4,7-8,11-14,16H,2,5-6,9-10H2,(H,19,20,21). The van der Waals surface area contributed by atoms with E-state index in [1.165, 1.54) is 54.8 Å². The molecule has 0 amide bonds. The summed E-state index contributed by atoms with van der Waals surface area (Å²) in [4.78, 5) is -0.0343. The lowest BCUT2D eigenvalue weighted by molar-refractivity contribution is 0.483. The fraction of sp³-hybridized carbons (Fsp3) is 0.333. The van der Waals surface area contributed by atoms with Crippen molar-refractivity contribution in [3.05, 3.63) is 54.6 Å². The van der Waals surface area contributed by atoms with Gasteiger partial charge < -0.3 is 0 Å². The van der Waals surface area contributed by atoms with Crippen molar-refractivity contribution in [2.45, 2.75) is 42.7 Å². The number of benzene rings is 2. The molecule has 0 bridgehead atoms. The van der Waals surface area contributed by atoms with E-state index in [1.54, 1.807) is 0 Å². The average Bonchev–Trinajstić information content (AvgIpc) is 2.57. The van der Waals surface area contributed by atoms with Crippen LogP contribution in [-0.2, 0) is 10.1 Å². The van der Waals surface area contributed by atoms with E-state index in [0.29, 0.717) is 5.66 Å². The summed E-state index contributed by atoms with van der Waals surface area (Å²) >= 11 is 0. The SMILES string of the molecule is O=S(=O)(O)c1ccc(P(c2ccccc2)C2CCCCC2)cc1. The van der Waals surface area contributed by atoms with Crippen molar-refractivity contribution in [2.75, 3.05) is 0 Å². The molecule has 1 N–H and O–H groups in total. The monoisotopic (exact) mass is 348 g/mol. The molecular formula is C18H21O3PS. The fourth-order valence-electron chi connectivity index (χ4n) is 3.28. The van der Waals surface area contributed by atoms with Crippen molar-refractivity contribution >= 4 is 28.6 Å². The maximum absolute atomic E-state index is 11.2. The van der Waals surface area contributed by atoms with Crippen LogP contribution in [0.4, 0.5) is 0 Å². The summed E-state index contributed by atoms with van der Waals surface area (Å²) in [6.45, 7) is 0. The summed E-state index contributed by atoms with van der Waals surface area (Å²) in [6, 6.07) is 17.3. The molecule has 1 unspecified atom stereocenters. The molecule has 0 radical (unpaired) electrons. The van der Waals surface area contributed by atoms with Crippen LogP contribution in [0.5, 0.6) is 0 Å². The van der Waals surface area contributed by atoms with E-state index in [0.717, 1.165) is 0 Å². The Morgan fingerprint density at radius 1 is 0.826 bits per heavy atom. The van der Waals surface area contributed by atoms with E-state index in [2.05, 4.69) is 24.3 Å². The number of hydrogen-bond acceptors (Lipinski definition) is 2. The Balaban J connectivity index is 1.98. The molecule has 3 rings (SSSR count). The van der Waals surface area contributed by atoms with Gasteiger partial charge in [0.25, 0.3) is 10.1 Å². The van der Waals surface area contributed by atoms with Crippen molar-refractivity contribution in [1.29, 1.82) is 0 Å². The van der Waals surface area contributed by atoms with Crippen molar-refractivity contribution < 1.29 is 13.0 Å². The normalized spacial score (nSPS) is 17.8. The molecule has 1 saturated carbocycles. The first kappa shape index (κ1) is 16.6. The second kappa shape index (κ2) is 7.12. The van der Waals surface area contributed by atoms with Gasteiger partial charge in [0.15, 0.2) is 0 Å². The Labute approximate surface area is 139 Å². The van der Waals surface area contributed by atoms with Crippen molar-refractivity contribution in [3.8, 4) is 0 Å². The van der Waals surface area contributed by atoms with Gasteiger partial charge in [0.2, 0.25) is 0 Å². The van der Waals surface area contributed by atoms with Crippen LogP contribution in [0.3, 0.4) is 0 Å². The molecule has 0 saturated heterocycles. The molecule has 2 aromatic carbocycles. The van der Waals surface area contributed by atoms with Gasteiger partial charge in [-0.3, -0.25) is 4.55 Å². The molecule has 23 heavy (non-hydrogen) atoms. The zero-order chi connectivity index (χ0) is 16.3. The van der Waals surface area contributed by atoms with Gasteiger partial charge in [0.05, 0.1) is 4.90 Å². The summed E-state index contributed by atoms with van der Waals surface area (Å²) in [7, 11) is -4.62. The predicted molar refractivity (Wildman–Crippen MR) is 95.8 cm³/mol. The molecule has 0 spiro atoms. The quantitative estimate of drug-likeness (QED) is 0.677. The molecule has 1 aliphatic rings. The zero-order valence-electron chi connectivity index (χ0n) is 12.9. The Hall–Kier alpha value is -1.22. The van der Waals surface area contributed by atoms with Gasteiger partial charge in [-0.2, -0.15) is 8.42 Å². The lowest BCUT2D eigenvalue weighted by atomic mass is 10.0. The minimum atomic E-state index is -4.13. The van der Waals surface area contributed by atoms with Gasteiger partial charge in [-0.25, -0.2) is 0 Å². The van der Waals surface area contributed by atoms with Gasteiger partial charge >= 0.3 is 0 Å². The Morgan fingerprint density at radius 2 is 1.39 bits per heavy atom. The van der Waals surface area contributed by atoms with Gasteiger partial charge in [0, 0.05) is 0 Å². The van der Waals surface area contributed by atoms with E-state index in [9.17, 15) is 8.42 Å². The van der Waals surface area contributed by atoms with Gasteiger partial charge in [-0.05, 0) is 49.2 Å². The van der Waals surface area contributed by atoms with Crippen LogP contribution in [0.15, 0.2) is 59.5 Å². The summed E-state index contributed by atoms with van der Waals surface area (Å²) in [5.41, 5.74) is 0.651. The Bertz CT molecular complexity index is 736. The van der Waals surface area contributed by atoms with E-state index in [4.69, 9.17) is 4.55 Å². The van der Waals surface area contributed by atoms with Crippen LogP contribution < -0.4 is 10.6 Å². The highest BCUT2D eigenvalue weighted by atomic mass is 32.2. The molecule has 2 aromatic rings. The highest BCUT2D eigenvalue weighted by molar-refractivity contribution is 7.85. The first-order valence-corrected chi connectivity index (χ1v) is 10.8. The third-order valence-electron chi connectivity index (χ3n) is 4.39. The molecule has 0 heterocycles. The van der Waals surface area contributed by atoms with Crippen LogP contribution in [0.1, 0.15) is 32.1 Å². The Morgan fingerprint density at radius 3 is 1.96 bits per heavy atom. The molecule has 122 valence electrons. The third kappa shape index (κ3) is 4.00. The summed E-state index contributed by atoms with van der Waals surface area (Å²) in [5.74, 6) is 0. The largest absolute Gasteiger partial charge is 0.294 e. The van der Waals surface area contributed by atoms with E-state index in [-0.39, 0.29) is 4.90 Å². The van der Waals surface area contributed by atoms with Crippen LogP contribution in [0.25, 0.3) is 0 Å². The van der Waals surface area contributed by atoms with Gasteiger partial charge in [-0.1, -0.05) is 61.7 Å². The van der Waals surface area contributed by atoms with Crippen LogP contribution >= 0.6 is 7.92 Å². The van der Waals surface area contributed by atoms with Crippen LogP contribution in [-0.4, -0.2) is 18.6 Å². The molecule has 1 fully saturated rings. The summed E-state index contributed by atoms with van der Waals surface area (Å²) in [6.07, 6.45) is 6.34. The predicted octanol–water partition coefficient (Wildman–Crippen LogP) is 3.70. The maximum Gasteiger partial charge on any atom is 0.294 e. The van der Waals surface area contributed by atoms with E-state index < -0.39 is 18.0 Å². The average molecular weight is 348 g/mol. The Kier molecular flexibility index (Phi) is 5.15. The summed E-state index contributed by atoms with van der Waals surface area (Å²) < 4.78 is 31.7. The lowest BCUT2D eigenvalue weighted by Crippen LogP contribution is -2.23. The highest BCUT2D eigenvalue weighted by Gasteiger charge is 2.26. The maximum atomic E-state index is 11.2. The molecule has 3 nitrogen and oxygen atoms in total. The van der Waals surface area contributed by atoms with E-state index >= 15 is 0 Å². The van der Waals surface area contributed by atoms with Crippen molar-refractivity contribution in [1.82, 2.24) is 0 Å². The lowest BCUT2D eigenvalue weighted by Gasteiger charge is -2.31. The minimum Gasteiger partial charge on any atom is -0.282 e. The third-order valence-corrected chi connectivity index (χ3v) is 8.21. The summed E-state index contributed by atoms with van der Waals surface area (Å²) in [5, 5.41) is 2.53. The second-order valence-corrected chi connectivity index (χ2v) is 9.89. The molecule has 0 aromatic heterocycles. The smallest absolute Gasteiger partial charge is 0.282 e. The van der Waals surface area contributed by atoms with E-state index in [1.807, 2.05) is 18.2 Å². The van der Waals surface area contributed by atoms with Gasteiger partial charge in [-0.15, -0.1) is 0 Å². The number of hydrogen-bond donors (Lipinski definition) is 1. The van der Waals surface area contributed by atoms with Crippen LogP contribution in [0.2, 0.25) is 0 Å². The minimum absolute atomic E-state index is 0.0343. The van der Waals surface area contributed by atoms with Gasteiger partial charge in [0.1, 0.15) is 0 Å². The molecule has 0 aliphatic heterocycles. The topological polar surface area (TPSA) is 54.4 Å². The molecule has 1 atom stereocenters. The fourth-order valence-corrected chi connectivity index (χ4v) is 6.74. The second-order valence-electron chi connectivity index (χ2n) is 5.97.